The van der Waals surface area contributed by atoms with Crippen molar-refractivity contribution in [1.29, 1.82) is 0 Å². The molecule has 0 aliphatic rings. The maximum atomic E-state index is 11.0. The van der Waals surface area contributed by atoms with Crippen molar-refractivity contribution in [2.24, 2.45) is 5.73 Å². The lowest BCUT2D eigenvalue weighted by Crippen LogP contribution is -2.16. The van der Waals surface area contributed by atoms with Crippen molar-refractivity contribution in [1.82, 2.24) is 4.98 Å². The first kappa shape index (κ1) is 10.1. The Hall–Kier alpha value is -0.940. The molecule has 0 unspecified atom stereocenters. The van der Waals surface area contributed by atoms with E-state index in [1.807, 2.05) is 5.38 Å². The summed E-state index contributed by atoms with van der Waals surface area (Å²) in [4.78, 5) is 15.0. The van der Waals surface area contributed by atoms with Crippen molar-refractivity contribution in [2.75, 3.05) is 6.61 Å². The largest absolute Gasteiger partial charge is 0.466 e. The number of carbonyl (C=O) groups is 1. The van der Waals surface area contributed by atoms with Crippen LogP contribution in [0.3, 0.4) is 0 Å². The van der Waals surface area contributed by atoms with E-state index in [0.29, 0.717) is 6.61 Å². The molecule has 0 saturated carbocycles. The zero-order valence-electron chi connectivity index (χ0n) is 7.40. The highest BCUT2D eigenvalue weighted by molar-refractivity contribution is 7.09. The Morgan fingerprint density at radius 1 is 1.85 bits per heavy atom. The van der Waals surface area contributed by atoms with E-state index < -0.39 is 0 Å². The molecule has 0 aromatic carbocycles. The quantitative estimate of drug-likeness (QED) is 0.739. The first-order valence-corrected chi connectivity index (χ1v) is 4.92. The number of nitrogens with two attached hydrogens (primary N) is 1. The Morgan fingerprint density at radius 2 is 2.62 bits per heavy atom. The lowest BCUT2D eigenvalue weighted by molar-refractivity contribution is -0.143. The van der Waals surface area contributed by atoms with Gasteiger partial charge >= 0.3 is 5.97 Å². The van der Waals surface area contributed by atoms with E-state index in [1.165, 1.54) is 11.3 Å². The Bertz CT molecular complexity index is 261. The first-order valence-electron chi connectivity index (χ1n) is 4.04. The molecule has 0 spiro atoms. The van der Waals surface area contributed by atoms with Gasteiger partial charge in [0.25, 0.3) is 0 Å². The van der Waals surface area contributed by atoms with Gasteiger partial charge in [0.05, 0.1) is 19.1 Å². The minimum atomic E-state index is -0.334. The molecule has 0 saturated heterocycles. The molecule has 1 aromatic rings. The van der Waals surface area contributed by atoms with Crippen LogP contribution in [0.1, 0.15) is 24.4 Å². The second-order valence-electron chi connectivity index (χ2n) is 2.49. The molecule has 1 atom stereocenters. The molecule has 0 radical (unpaired) electrons. The van der Waals surface area contributed by atoms with Crippen molar-refractivity contribution in [3.05, 3.63) is 16.6 Å². The Kier molecular flexibility index (Phi) is 3.85. The van der Waals surface area contributed by atoms with E-state index in [2.05, 4.69) is 4.98 Å². The summed E-state index contributed by atoms with van der Waals surface area (Å²) in [5.74, 6) is -0.273. The standard InChI is InChI=1S/C8H12N2O2S/c1-2-12-7(11)5-6(9)8-10-3-4-13-8/h3-4,6H,2,5,9H2,1H3/t6-/m0/s1. The molecular formula is C8H12N2O2S. The van der Waals surface area contributed by atoms with E-state index in [1.54, 1.807) is 13.1 Å². The fourth-order valence-corrected chi connectivity index (χ4v) is 1.55. The van der Waals surface area contributed by atoms with E-state index in [9.17, 15) is 4.79 Å². The summed E-state index contributed by atoms with van der Waals surface area (Å²) in [6, 6.07) is -0.334. The summed E-state index contributed by atoms with van der Waals surface area (Å²) >= 11 is 1.45. The van der Waals surface area contributed by atoms with Crippen molar-refractivity contribution >= 4 is 17.3 Å². The minimum Gasteiger partial charge on any atom is -0.466 e. The van der Waals surface area contributed by atoms with Crippen LogP contribution in [-0.2, 0) is 9.53 Å². The molecule has 5 heteroatoms. The van der Waals surface area contributed by atoms with Crippen LogP contribution in [0, 0.1) is 0 Å². The molecule has 0 amide bonds. The fourth-order valence-electron chi connectivity index (χ4n) is 0.904. The average molecular weight is 200 g/mol. The van der Waals surface area contributed by atoms with E-state index in [4.69, 9.17) is 10.5 Å². The predicted octanol–water partition coefficient (Wildman–Crippen LogP) is 1.10. The summed E-state index contributed by atoms with van der Waals surface area (Å²) in [6.07, 6.45) is 1.87. The van der Waals surface area contributed by atoms with E-state index in [-0.39, 0.29) is 18.4 Å². The molecular weight excluding hydrogens is 188 g/mol. The molecule has 4 nitrogen and oxygen atoms in total. The monoisotopic (exact) mass is 200 g/mol. The third kappa shape index (κ3) is 3.12. The van der Waals surface area contributed by atoms with Crippen LogP contribution in [0.25, 0.3) is 0 Å². The van der Waals surface area contributed by atoms with Gasteiger partial charge in [-0.15, -0.1) is 11.3 Å². The van der Waals surface area contributed by atoms with Crippen LogP contribution in [0.5, 0.6) is 0 Å². The Morgan fingerprint density at radius 3 is 3.15 bits per heavy atom. The van der Waals surface area contributed by atoms with Gasteiger partial charge in [-0.2, -0.15) is 0 Å². The first-order chi connectivity index (χ1) is 6.24. The lowest BCUT2D eigenvalue weighted by atomic mass is 10.2. The number of thiazole rings is 1. The summed E-state index contributed by atoms with van der Waals surface area (Å²) in [5.41, 5.74) is 5.72. The molecule has 1 rings (SSSR count). The zero-order chi connectivity index (χ0) is 9.68. The predicted molar refractivity (Wildman–Crippen MR) is 50.3 cm³/mol. The number of hydrogen-bond acceptors (Lipinski definition) is 5. The van der Waals surface area contributed by atoms with Crippen molar-refractivity contribution < 1.29 is 9.53 Å². The van der Waals surface area contributed by atoms with E-state index in [0.717, 1.165) is 5.01 Å². The zero-order valence-corrected chi connectivity index (χ0v) is 8.21. The summed E-state index contributed by atoms with van der Waals surface area (Å²) in [5, 5.41) is 2.61. The molecule has 2 N–H and O–H groups in total. The molecule has 0 aliphatic heterocycles. The van der Waals surface area contributed by atoms with Gasteiger partial charge in [-0.05, 0) is 6.92 Å². The Balaban J connectivity index is 2.42. The molecule has 1 heterocycles. The molecule has 0 fully saturated rings. The average Bonchev–Trinajstić information content (AvgIpc) is 2.55. The number of ether oxygens (including phenoxy) is 1. The van der Waals surface area contributed by atoms with Gasteiger partial charge in [0.2, 0.25) is 0 Å². The van der Waals surface area contributed by atoms with Crippen molar-refractivity contribution in [3.63, 3.8) is 0 Å². The van der Waals surface area contributed by atoms with E-state index >= 15 is 0 Å². The fraction of sp³-hybridized carbons (Fsp3) is 0.500. The third-order valence-electron chi connectivity index (χ3n) is 1.46. The van der Waals surface area contributed by atoms with Crippen LogP contribution < -0.4 is 5.73 Å². The van der Waals surface area contributed by atoms with Gasteiger partial charge in [0, 0.05) is 11.6 Å². The topological polar surface area (TPSA) is 65.2 Å². The number of hydrogen-bond donors (Lipinski definition) is 1. The van der Waals surface area contributed by atoms with Crippen molar-refractivity contribution in [2.45, 2.75) is 19.4 Å². The maximum Gasteiger partial charge on any atom is 0.307 e. The smallest absolute Gasteiger partial charge is 0.307 e. The minimum absolute atomic E-state index is 0.196. The summed E-state index contributed by atoms with van der Waals surface area (Å²) in [7, 11) is 0. The number of nitrogens with zero attached hydrogens (tertiary/aromatic N) is 1. The highest BCUT2D eigenvalue weighted by Gasteiger charge is 2.13. The highest BCUT2D eigenvalue weighted by atomic mass is 32.1. The summed E-state index contributed by atoms with van der Waals surface area (Å²) < 4.78 is 4.77. The molecule has 13 heavy (non-hydrogen) atoms. The van der Waals surface area contributed by atoms with Crippen LogP contribution in [0.2, 0.25) is 0 Å². The second kappa shape index (κ2) is 4.94. The number of rotatable bonds is 4. The molecule has 1 aromatic heterocycles. The number of aromatic nitrogens is 1. The van der Waals surface area contributed by atoms with Gasteiger partial charge < -0.3 is 10.5 Å². The second-order valence-corrected chi connectivity index (χ2v) is 3.41. The molecule has 0 aliphatic carbocycles. The highest BCUT2D eigenvalue weighted by Crippen LogP contribution is 2.16. The van der Waals surface area contributed by atoms with Gasteiger partial charge in [0.1, 0.15) is 5.01 Å². The molecule has 72 valence electrons. The molecule has 0 bridgehead atoms. The number of esters is 1. The number of carbonyl (C=O) groups excluding carboxylic acids is 1. The van der Waals surface area contributed by atoms with Crippen LogP contribution in [0.4, 0.5) is 0 Å². The van der Waals surface area contributed by atoms with Crippen LogP contribution >= 0.6 is 11.3 Å². The summed E-state index contributed by atoms with van der Waals surface area (Å²) in [6.45, 7) is 2.16. The van der Waals surface area contributed by atoms with Gasteiger partial charge in [-0.3, -0.25) is 4.79 Å². The van der Waals surface area contributed by atoms with Crippen LogP contribution in [-0.4, -0.2) is 17.6 Å². The lowest BCUT2D eigenvalue weighted by Gasteiger charge is -2.06. The third-order valence-corrected chi connectivity index (χ3v) is 2.37. The normalized spacial score (nSPS) is 12.5. The van der Waals surface area contributed by atoms with Gasteiger partial charge in [-0.25, -0.2) is 4.98 Å². The van der Waals surface area contributed by atoms with Crippen LogP contribution in [0.15, 0.2) is 11.6 Å². The SMILES string of the molecule is CCOC(=O)C[C@H](N)c1nccs1. The van der Waals surface area contributed by atoms with Crippen molar-refractivity contribution in [3.8, 4) is 0 Å². The van der Waals surface area contributed by atoms with Gasteiger partial charge in [-0.1, -0.05) is 0 Å². The Labute approximate surface area is 80.7 Å². The maximum absolute atomic E-state index is 11.0. The van der Waals surface area contributed by atoms with Gasteiger partial charge in [0.15, 0.2) is 0 Å².